The van der Waals surface area contributed by atoms with E-state index >= 15 is 0 Å². The van der Waals surface area contributed by atoms with Gasteiger partial charge in [-0.25, -0.2) is 0 Å². The van der Waals surface area contributed by atoms with E-state index in [4.69, 9.17) is 5.26 Å². The van der Waals surface area contributed by atoms with Gasteiger partial charge >= 0.3 is 0 Å². The van der Waals surface area contributed by atoms with Crippen LogP contribution in [-0.4, -0.2) is 22.1 Å². The average molecular weight is 269 g/mol. The number of carbonyl (C=O) groups excluding carboxylic acids is 1. The highest BCUT2D eigenvalue weighted by Crippen LogP contribution is 2.11. The summed E-state index contributed by atoms with van der Waals surface area (Å²) >= 11 is 0. The molecule has 2 aromatic rings. The second kappa shape index (κ2) is 6.04. The van der Waals surface area contributed by atoms with Crippen molar-refractivity contribution in [3.8, 4) is 6.07 Å². The van der Waals surface area contributed by atoms with Crippen LogP contribution in [0.25, 0.3) is 0 Å². The molecule has 0 aliphatic heterocycles. The number of aliphatic hydroxyl groups is 1. The summed E-state index contributed by atoms with van der Waals surface area (Å²) in [5.74, 6) is -0.310. The van der Waals surface area contributed by atoms with Crippen molar-refractivity contribution in [2.75, 3.05) is 6.54 Å². The van der Waals surface area contributed by atoms with Gasteiger partial charge in [0.1, 0.15) is 6.10 Å². The van der Waals surface area contributed by atoms with Crippen LogP contribution in [0, 0.1) is 11.3 Å². The molecule has 0 saturated carbocycles. The van der Waals surface area contributed by atoms with Crippen LogP contribution in [0.3, 0.4) is 0 Å². The number of aromatic nitrogens is 1. The lowest BCUT2D eigenvalue weighted by atomic mass is 10.1. The first-order valence-corrected chi connectivity index (χ1v) is 6.19. The number of nitrogens with one attached hydrogen (secondary N) is 1. The Bertz CT molecular complexity index is 655. The van der Waals surface area contributed by atoms with Gasteiger partial charge in [0.05, 0.1) is 11.6 Å². The first-order valence-electron chi connectivity index (χ1n) is 6.19. The van der Waals surface area contributed by atoms with Crippen molar-refractivity contribution in [1.82, 2.24) is 9.88 Å². The molecular formula is C15H15N3O2. The summed E-state index contributed by atoms with van der Waals surface area (Å²) in [7, 11) is 1.83. The van der Waals surface area contributed by atoms with Crippen molar-refractivity contribution < 1.29 is 9.90 Å². The van der Waals surface area contributed by atoms with E-state index in [0.29, 0.717) is 11.1 Å². The van der Waals surface area contributed by atoms with Gasteiger partial charge in [0.25, 0.3) is 5.91 Å². The van der Waals surface area contributed by atoms with Crippen LogP contribution < -0.4 is 5.32 Å². The Kier molecular flexibility index (Phi) is 4.18. The first kappa shape index (κ1) is 13.8. The number of amides is 1. The van der Waals surface area contributed by atoms with E-state index < -0.39 is 6.10 Å². The van der Waals surface area contributed by atoms with E-state index in [1.165, 1.54) is 6.07 Å². The summed E-state index contributed by atoms with van der Waals surface area (Å²) in [5, 5.41) is 21.4. The third-order valence-corrected chi connectivity index (χ3v) is 3.04. The zero-order valence-electron chi connectivity index (χ0n) is 11.1. The fraction of sp³-hybridized carbons (Fsp3) is 0.200. The summed E-state index contributed by atoms with van der Waals surface area (Å²) in [6.45, 7) is 0.119. The molecule has 1 atom stereocenters. The smallest absolute Gasteiger partial charge is 0.251 e. The first-order chi connectivity index (χ1) is 9.61. The number of aliphatic hydroxyl groups excluding tert-OH is 1. The molecule has 0 saturated heterocycles. The van der Waals surface area contributed by atoms with Gasteiger partial charge in [0, 0.05) is 31.0 Å². The lowest BCUT2D eigenvalue weighted by Crippen LogP contribution is -2.29. The van der Waals surface area contributed by atoms with Crippen molar-refractivity contribution in [3.05, 3.63) is 59.4 Å². The Labute approximate surface area is 117 Å². The molecule has 5 heteroatoms. The van der Waals surface area contributed by atoms with Gasteiger partial charge in [-0.3, -0.25) is 4.79 Å². The zero-order valence-corrected chi connectivity index (χ0v) is 11.1. The number of nitrogens with zero attached hydrogens (tertiary/aromatic N) is 2. The summed E-state index contributed by atoms with van der Waals surface area (Å²) in [6.07, 6.45) is 1.06. The lowest BCUT2D eigenvalue weighted by molar-refractivity contribution is 0.0912. The molecule has 1 heterocycles. The van der Waals surface area contributed by atoms with Gasteiger partial charge in [-0.05, 0) is 30.3 Å². The summed E-state index contributed by atoms with van der Waals surface area (Å²) < 4.78 is 1.80. The van der Waals surface area contributed by atoms with E-state index in [-0.39, 0.29) is 12.5 Å². The molecule has 0 bridgehead atoms. The van der Waals surface area contributed by atoms with Crippen LogP contribution in [0.15, 0.2) is 42.6 Å². The van der Waals surface area contributed by atoms with Crippen LogP contribution in [-0.2, 0) is 7.05 Å². The molecule has 0 aliphatic carbocycles. The topological polar surface area (TPSA) is 78.0 Å². The van der Waals surface area contributed by atoms with Crippen molar-refractivity contribution in [1.29, 1.82) is 5.26 Å². The molecule has 2 rings (SSSR count). The largest absolute Gasteiger partial charge is 0.385 e. The second-order valence-electron chi connectivity index (χ2n) is 4.46. The summed E-state index contributed by atoms with van der Waals surface area (Å²) in [5.41, 5.74) is 1.57. The van der Waals surface area contributed by atoms with Crippen molar-refractivity contribution in [2.45, 2.75) is 6.10 Å². The lowest BCUT2D eigenvalue weighted by Gasteiger charge is -2.13. The molecule has 0 aliphatic rings. The number of aryl methyl sites for hydroxylation is 1. The fourth-order valence-electron chi connectivity index (χ4n) is 1.95. The van der Waals surface area contributed by atoms with Crippen LogP contribution in [0.4, 0.5) is 0 Å². The number of rotatable bonds is 4. The molecule has 0 fully saturated rings. The predicted octanol–water partition coefficient (Wildman–Crippen LogP) is 1.36. The fourth-order valence-corrected chi connectivity index (χ4v) is 1.95. The number of carbonyl (C=O) groups is 1. The summed E-state index contributed by atoms with van der Waals surface area (Å²) in [4.78, 5) is 11.9. The SMILES string of the molecule is Cn1cccc1C(O)CNC(=O)c1cccc(C#N)c1. The minimum absolute atomic E-state index is 0.119. The third kappa shape index (κ3) is 3.05. The molecule has 2 N–H and O–H groups in total. The Hall–Kier alpha value is -2.58. The van der Waals surface area contributed by atoms with Crippen LogP contribution in [0.5, 0.6) is 0 Å². The maximum Gasteiger partial charge on any atom is 0.251 e. The van der Waals surface area contributed by atoms with Gasteiger partial charge in [-0.1, -0.05) is 6.07 Å². The zero-order chi connectivity index (χ0) is 14.5. The monoisotopic (exact) mass is 269 g/mol. The van der Waals surface area contributed by atoms with Crippen molar-refractivity contribution in [2.24, 2.45) is 7.05 Å². The van der Waals surface area contributed by atoms with Gasteiger partial charge < -0.3 is 15.0 Å². The number of benzene rings is 1. The van der Waals surface area contributed by atoms with E-state index in [0.717, 1.165) is 5.69 Å². The molecule has 0 radical (unpaired) electrons. The Morgan fingerprint density at radius 3 is 2.90 bits per heavy atom. The minimum Gasteiger partial charge on any atom is -0.385 e. The highest BCUT2D eigenvalue weighted by Gasteiger charge is 2.13. The molecule has 1 unspecified atom stereocenters. The van der Waals surface area contributed by atoms with E-state index in [9.17, 15) is 9.90 Å². The van der Waals surface area contributed by atoms with Gasteiger partial charge in [0.2, 0.25) is 0 Å². The Balaban J connectivity index is 1.99. The predicted molar refractivity (Wildman–Crippen MR) is 73.9 cm³/mol. The molecule has 20 heavy (non-hydrogen) atoms. The quantitative estimate of drug-likeness (QED) is 0.879. The number of hydrogen-bond donors (Lipinski definition) is 2. The molecule has 1 amide bonds. The normalized spacial score (nSPS) is 11.7. The molecule has 1 aromatic heterocycles. The van der Waals surface area contributed by atoms with Crippen molar-refractivity contribution in [3.63, 3.8) is 0 Å². The van der Waals surface area contributed by atoms with E-state index in [1.54, 1.807) is 28.8 Å². The van der Waals surface area contributed by atoms with Crippen LogP contribution in [0.2, 0.25) is 0 Å². The molecule has 0 spiro atoms. The molecule has 5 nitrogen and oxygen atoms in total. The maximum atomic E-state index is 11.9. The molecule has 102 valence electrons. The maximum absolute atomic E-state index is 11.9. The van der Waals surface area contributed by atoms with E-state index in [2.05, 4.69) is 5.32 Å². The average Bonchev–Trinajstić information content (AvgIpc) is 2.90. The summed E-state index contributed by atoms with van der Waals surface area (Å²) in [6, 6.07) is 12.0. The highest BCUT2D eigenvalue weighted by atomic mass is 16.3. The molecular weight excluding hydrogens is 254 g/mol. The molecule has 1 aromatic carbocycles. The van der Waals surface area contributed by atoms with Gasteiger partial charge in [-0.15, -0.1) is 0 Å². The van der Waals surface area contributed by atoms with Gasteiger partial charge in [0.15, 0.2) is 0 Å². The number of hydrogen-bond acceptors (Lipinski definition) is 3. The number of nitriles is 1. The Morgan fingerprint density at radius 2 is 2.25 bits per heavy atom. The van der Waals surface area contributed by atoms with E-state index in [1.807, 2.05) is 25.4 Å². The van der Waals surface area contributed by atoms with Crippen LogP contribution in [0.1, 0.15) is 27.7 Å². The van der Waals surface area contributed by atoms with Gasteiger partial charge in [-0.2, -0.15) is 5.26 Å². The third-order valence-electron chi connectivity index (χ3n) is 3.04. The van der Waals surface area contributed by atoms with Crippen LogP contribution >= 0.6 is 0 Å². The van der Waals surface area contributed by atoms with Crippen molar-refractivity contribution >= 4 is 5.91 Å². The Morgan fingerprint density at radius 1 is 1.45 bits per heavy atom. The highest BCUT2D eigenvalue weighted by molar-refractivity contribution is 5.94. The second-order valence-corrected chi connectivity index (χ2v) is 4.46. The standard InChI is InChI=1S/C15H15N3O2/c1-18-7-3-6-13(18)14(19)10-17-15(20)12-5-2-4-11(8-12)9-16/h2-8,14,19H,10H2,1H3,(H,17,20). The minimum atomic E-state index is -0.766.